The second kappa shape index (κ2) is 11.6. The first kappa shape index (κ1) is 25.0. The Balaban J connectivity index is 1.11. The summed E-state index contributed by atoms with van der Waals surface area (Å²) >= 11 is 0. The van der Waals surface area contributed by atoms with Gasteiger partial charge in [-0.3, -0.25) is 4.79 Å². The van der Waals surface area contributed by atoms with Gasteiger partial charge in [0.25, 0.3) is 5.91 Å². The van der Waals surface area contributed by atoms with Crippen LogP contribution in [0.25, 0.3) is 16.9 Å². The standard InChI is InChI=1S/C33H33N5O/c39-33(28-9-2-1-3-10-28)34-29-19-17-27(18-20-29)30-11-6-12-32-35-31(36-38(30)32)24-26-15-13-25(14-16-26)8-7-23-37-21-4-5-22-37/h1-3,6,9-20H,4-5,7-8,21-24H2,(H,34,39). The van der Waals surface area contributed by atoms with Gasteiger partial charge < -0.3 is 10.2 Å². The van der Waals surface area contributed by atoms with E-state index >= 15 is 0 Å². The molecule has 0 unspecified atom stereocenters. The van der Waals surface area contributed by atoms with Gasteiger partial charge >= 0.3 is 0 Å². The Bertz CT molecular complexity index is 1540. The number of aromatic nitrogens is 3. The molecule has 1 N–H and O–H groups in total. The molecular weight excluding hydrogens is 482 g/mol. The number of hydrogen-bond acceptors (Lipinski definition) is 4. The maximum absolute atomic E-state index is 12.5. The lowest BCUT2D eigenvalue weighted by Crippen LogP contribution is -2.20. The summed E-state index contributed by atoms with van der Waals surface area (Å²) in [7, 11) is 0. The normalized spacial score (nSPS) is 13.6. The third kappa shape index (κ3) is 6.07. The number of amides is 1. The van der Waals surface area contributed by atoms with Gasteiger partial charge in [-0.2, -0.15) is 5.10 Å². The molecule has 0 saturated carbocycles. The molecule has 1 amide bonds. The van der Waals surface area contributed by atoms with Gasteiger partial charge in [-0.25, -0.2) is 9.50 Å². The highest BCUT2D eigenvalue weighted by molar-refractivity contribution is 6.04. The van der Waals surface area contributed by atoms with Crippen LogP contribution in [-0.2, 0) is 12.8 Å². The van der Waals surface area contributed by atoms with Crippen LogP contribution in [0.15, 0.2) is 97.1 Å². The van der Waals surface area contributed by atoms with E-state index in [0.717, 1.165) is 34.8 Å². The molecule has 6 rings (SSSR count). The Kier molecular flexibility index (Phi) is 7.45. The molecule has 196 valence electrons. The van der Waals surface area contributed by atoms with Crippen LogP contribution in [0.1, 0.15) is 46.6 Å². The van der Waals surface area contributed by atoms with E-state index in [0.29, 0.717) is 12.0 Å². The smallest absolute Gasteiger partial charge is 0.255 e. The first-order valence-corrected chi connectivity index (χ1v) is 13.8. The molecule has 0 spiro atoms. The largest absolute Gasteiger partial charge is 0.322 e. The molecule has 5 aromatic rings. The van der Waals surface area contributed by atoms with Crippen molar-refractivity contribution in [3.63, 3.8) is 0 Å². The van der Waals surface area contributed by atoms with Crippen LogP contribution in [0.5, 0.6) is 0 Å². The lowest BCUT2D eigenvalue weighted by atomic mass is 10.1. The molecule has 3 heterocycles. The highest BCUT2D eigenvalue weighted by Crippen LogP contribution is 2.23. The summed E-state index contributed by atoms with van der Waals surface area (Å²) in [4.78, 5) is 19.8. The molecule has 6 heteroatoms. The van der Waals surface area contributed by atoms with Crippen molar-refractivity contribution in [2.24, 2.45) is 0 Å². The third-order valence-corrected chi connectivity index (χ3v) is 7.40. The molecule has 0 bridgehead atoms. The van der Waals surface area contributed by atoms with Gasteiger partial charge in [0.1, 0.15) is 0 Å². The molecule has 1 aliphatic rings. The summed E-state index contributed by atoms with van der Waals surface area (Å²) in [5.74, 6) is 0.678. The van der Waals surface area contributed by atoms with Crippen molar-refractivity contribution in [2.75, 3.05) is 25.0 Å². The monoisotopic (exact) mass is 515 g/mol. The Morgan fingerprint density at radius 2 is 1.54 bits per heavy atom. The number of rotatable bonds is 9. The topological polar surface area (TPSA) is 62.5 Å². The Morgan fingerprint density at radius 1 is 0.795 bits per heavy atom. The molecule has 1 aliphatic heterocycles. The second-order valence-corrected chi connectivity index (χ2v) is 10.3. The molecule has 2 aromatic heterocycles. The Morgan fingerprint density at radius 3 is 2.31 bits per heavy atom. The molecule has 6 nitrogen and oxygen atoms in total. The first-order valence-electron chi connectivity index (χ1n) is 13.8. The number of fused-ring (bicyclic) bond motifs is 1. The van der Waals surface area contributed by atoms with E-state index in [1.54, 1.807) is 12.1 Å². The fourth-order valence-corrected chi connectivity index (χ4v) is 5.28. The highest BCUT2D eigenvalue weighted by Gasteiger charge is 2.12. The third-order valence-electron chi connectivity index (χ3n) is 7.40. The lowest BCUT2D eigenvalue weighted by molar-refractivity contribution is 0.102. The second-order valence-electron chi connectivity index (χ2n) is 10.3. The minimum Gasteiger partial charge on any atom is -0.322 e. The quantitative estimate of drug-likeness (QED) is 0.251. The number of likely N-dealkylation sites (tertiary alicyclic amines) is 1. The fraction of sp³-hybridized carbons (Fsp3) is 0.242. The van der Waals surface area contributed by atoms with Gasteiger partial charge in [-0.05, 0) is 92.8 Å². The number of benzene rings is 3. The van der Waals surface area contributed by atoms with Crippen molar-refractivity contribution in [3.05, 3.63) is 120 Å². The fourth-order valence-electron chi connectivity index (χ4n) is 5.28. The van der Waals surface area contributed by atoms with Crippen LogP contribution in [0, 0.1) is 0 Å². The summed E-state index contributed by atoms with van der Waals surface area (Å²) in [6.07, 6.45) is 5.75. The number of carbonyl (C=O) groups excluding carboxylic acids is 1. The van der Waals surface area contributed by atoms with Crippen molar-refractivity contribution in [1.29, 1.82) is 0 Å². The van der Waals surface area contributed by atoms with Gasteiger partial charge in [0.05, 0.1) is 5.69 Å². The number of aryl methyl sites for hydroxylation is 1. The predicted octanol–water partition coefficient (Wildman–Crippen LogP) is 6.27. The Labute approximate surface area is 229 Å². The predicted molar refractivity (Wildman–Crippen MR) is 156 cm³/mol. The number of nitrogens with zero attached hydrogens (tertiary/aromatic N) is 4. The number of pyridine rings is 1. The minimum atomic E-state index is -0.124. The molecule has 1 saturated heterocycles. The van der Waals surface area contributed by atoms with Gasteiger partial charge in [-0.15, -0.1) is 0 Å². The van der Waals surface area contributed by atoms with Crippen LogP contribution < -0.4 is 5.32 Å². The van der Waals surface area contributed by atoms with Crippen LogP contribution in [0.3, 0.4) is 0 Å². The van der Waals surface area contributed by atoms with E-state index < -0.39 is 0 Å². The van der Waals surface area contributed by atoms with E-state index in [1.165, 1.54) is 50.0 Å². The number of carbonyl (C=O) groups is 1. The molecule has 0 aliphatic carbocycles. The SMILES string of the molecule is O=C(Nc1ccc(-c2cccc3nc(Cc4ccc(CCCN5CCCC5)cc4)nn23)cc1)c1ccccc1. The van der Waals surface area contributed by atoms with Gasteiger partial charge in [0, 0.05) is 23.2 Å². The molecular formula is C33H33N5O. The van der Waals surface area contributed by atoms with Crippen molar-refractivity contribution in [3.8, 4) is 11.3 Å². The number of hydrogen-bond donors (Lipinski definition) is 1. The van der Waals surface area contributed by atoms with Crippen LogP contribution in [0.2, 0.25) is 0 Å². The lowest BCUT2D eigenvalue weighted by Gasteiger charge is -2.13. The highest BCUT2D eigenvalue weighted by atomic mass is 16.1. The summed E-state index contributed by atoms with van der Waals surface area (Å²) in [6, 6.07) is 32.0. The van der Waals surface area contributed by atoms with Crippen molar-refractivity contribution in [2.45, 2.75) is 32.1 Å². The molecule has 0 atom stereocenters. The molecule has 3 aromatic carbocycles. The average Bonchev–Trinajstić information content (AvgIpc) is 3.64. The molecule has 1 fully saturated rings. The Hall–Kier alpha value is -4.29. The van der Waals surface area contributed by atoms with Crippen molar-refractivity contribution < 1.29 is 4.79 Å². The van der Waals surface area contributed by atoms with Crippen molar-refractivity contribution >= 4 is 17.2 Å². The zero-order valence-electron chi connectivity index (χ0n) is 22.1. The maximum Gasteiger partial charge on any atom is 0.255 e. The zero-order valence-corrected chi connectivity index (χ0v) is 22.1. The van der Waals surface area contributed by atoms with E-state index in [4.69, 9.17) is 10.1 Å². The molecule has 0 radical (unpaired) electrons. The summed E-state index contributed by atoms with van der Waals surface area (Å²) in [5, 5.41) is 7.80. The van der Waals surface area contributed by atoms with Gasteiger partial charge in [-0.1, -0.05) is 60.7 Å². The van der Waals surface area contributed by atoms with Gasteiger partial charge in [0.2, 0.25) is 0 Å². The van der Waals surface area contributed by atoms with E-state index in [2.05, 4.69) is 34.5 Å². The van der Waals surface area contributed by atoms with Crippen molar-refractivity contribution in [1.82, 2.24) is 19.5 Å². The summed E-state index contributed by atoms with van der Waals surface area (Å²) in [6.45, 7) is 3.75. The average molecular weight is 516 g/mol. The van der Waals surface area contributed by atoms with E-state index in [1.807, 2.05) is 65.2 Å². The number of anilines is 1. The van der Waals surface area contributed by atoms with E-state index in [9.17, 15) is 4.79 Å². The van der Waals surface area contributed by atoms with Crippen LogP contribution >= 0.6 is 0 Å². The first-order chi connectivity index (χ1) is 19.2. The van der Waals surface area contributed by atoms with E-state index in [-0.39, 0.29) is 5.91 Å². The molecule has 39 heavy (non-hydrogen) atoms. The van der Waals surface area contributed by atoms with Gasteiger partial charge in [0.15, 0.2) is 11.5 Å². The number of nitrogens with one attached hydrogen (secondary N) is 1. The van der Waals surface area contributed by atoms with Crippen LogP contribution in [0.4, 0.5) is 5.69 Å². The minimum absolute atomic E-state index is 0.124. The zero-order chi connectivity index (χ0) is 26.4. The summed E-state index contributed by atoms with van der Waals surface area (Å²) in [5.41, 5.74) is 6.78. The maximum atomic E-state index is 12.5. The van der Waals surface area contributed by atoms with Crippen LogP contribution in [-0.4, -0.2) is 45.0 Å². The summed E-state index contributed by atoms with van der Waals surface area (Å²) < 4.78 is 1.90.